The van der Waals surface area contributed by atoms with E-state index in [1.165, 1.54) is 11.3 Å². The van der Waals surface area contributed by atoms with Gasteiger partial charge in [0, 0.05) is 11.3 Å². The highest BCUT2D eigenvalue weighted by molar-refractivity contribution is 7.14. The number of carbonyl (C=O) groups excluding carboxylic acids is 1. The van der Waals surface area contributed by atoms with Gasteiger partial charge in [-0.2, -0.15) is 0 Å². The third-order valence-corrected chi connectivity index (χ3v) is 5.33. The van der Waals surface area contributed by atoms with Crippen molar-refractivity contribution < 1.29 is 4.79 Å². The average Bonchev–Trinajstić information content (AvgIpc) is 3.19. The number of rotatable bonds is 3. The van der Waals surface area contributed by atoms with Crippen LogP contribution in [0.1, 0.15) is 24.3 Å². The maximum Gasteiger partial charge on any atom is 0.178 e. The van der Waals surface area contributed by atoms with E-state index in [1.54, 1.807) is 22.7 Å². The lowest BCUT2D eigenvalue weighted by atomic mass is 10.2. The predicted molar refractivity (Wildman–Crippen MR) is 87.0 cm³/mol. The van der Waals surface area contributed by atoms with Crippen molar-refractivity contribution in [2.75, 3.05) is 0 Å². The molecule has 4 heteroatoms. The quantitative estimate of drug-likeness (QED) is 0.506. The molecule has 3 heterocycles. The molecule has 20 heavy (non-hydrogen) atoms. The molecular formula is C16H10OS3. The van der Waals surface area contributed by atoms with Crippen molar-refractivity contribution in [2.24, 2.45) is 0 Å². The monoisotopic (exact) mass is 314 g/mol. The van der Waals surface area contributed by atoms with Gasteiger partial charge in [-0.1, -0.05) is 12.1 Å². The molecule has 0 aliphatic heterocycles. The Labute approximate surface area is 129 Å². The molecule has 0 saturated heterocycles. The van der Waals surface area contributed by atoms with E-state index < -0.39 is 0 Å². The average molecular weight is 314 g/mol. The topological polar surface area (TPSA) is 17.1 Å². The molecule has 1 nitrogen and oxygen atoms in total. The Kier molecular flexibility index (Phi) is 4.12. The van der Waals surface area contributed by atoms with Crippen molar-refractivity contribution in [3.05, 3.63) is 66.7 Å². The standard InChI is InChI=1S/C16H10OS3/c17-15(11-14-4-2-10-19-14)16-8-7-13(20-16)6-5-12-3-1-9-18-12/h1-4,7-10H,11H2. The summed E-state index contributed by atoms with van der Waals surface area (Å²) >= 11 is 4.71. The van der Waals surface area contributed by atoms with Crippen LogP contribution in [0, 0.1) is 11.8 Å². The van der Waals surface area contributed by atoms with Gasteiger partial charge < -0.3 is 0 Å². The lowest BCUT2D eigenvalue weighted by Crippen LogP contribution is -1.98. The molecule has 0 bridgehead atoms. The van der Waals surface area contributed by atoms with Crippen LogP contribution in [0.15, 0.2) is 47.2 Å². The summed E-state index contributed by atoms with van der Waals surface area (Å²) in [6.45, 7) is 0. The van der Waals surface area contributed by atoms with E-state index >= 15 is 0 Å². The molecule has 0 spiro atoms. The molecule has 0 fully saturated rings. The summed E-state index contributed by atoms with van der Waals surface area (Å²) in [4.78, 5) is 16.0. The van der Waals surface area contributed by atoms with Crippen LogP contribution < -0.4 is 0 Å². The van der Waals surface area contributed by atoms with Crippen LogP contribution in [-0.4, -0.2) is 5.78 Å². The van der Waals surface area contributed by atoms with Crippen molar-refractivity contribution in [2.45, 2.75) is 6.42 Å². The zero-order chi connectivity index (χ0) is 13.8. The minimum atomic E-state index is 0.168. The van der Waals surface area contributed by atoms with Crippen molar-refractivity contribution in [3.63, 3.8) is 0 Å². The first-order chi connectivity index (χ1) is 9.81. The molecule has 0 N–H and O–H groups in total. The Morgan fingerprint density at radius 2 is 1.75 bits per heavy atom. The smallest absolute Gasteiger partial charge is 0.178 e. The third kappa shape index (κ3) is 3.26. The molecule has 0 atom stereocenters. The van der Waals surface area contributed by atoms with Crippen LogP contribution in [-0.2, 0) is 6.42 Å². The third-order valence-electron chi connectivity index (χ3n) is 2.63. The van der Waals surface area contributed by atoms with Gasteiger partial charge in [0.15, 0.2) is 5.78 Å². The molecular weight excluding hydrogens is 304 g/mol. The van der Waals surface area contributed by atoms with Crippen molar-refractivity contribution in [1.29, 1.82) is 0 Å². The summed E-state index contributed by atoms with van der Waals surface area (Å²) in [6, 6.07) is 11.7. The summed E-state index contributed by atoms with van der Waals surface area (Å²) in [6.07, 6.45) is 0.482. The Morgan fingerprint density at radius 1 is 0.950 bits per heavy atom. The van der Waals surface area contributed by atoms with E-state index in [2.05, 4.69) is 11.8 Å². The largest absolute Gasteiger partial charge is 0.293 e. The first-order valence-corrected chi connectivity index (χ1v) is 8.60. The van der Waals surface area contributed by atoms with E-state index in [9.17, 15) is 4.79 Å². The molecule has 0 amide bonds. The Hall–Kier alpha value is -1.67. The van der Waals surface area contributed by atoms with Gasteiger partial charge in [0.25, 0.3) is 0 Å². The fourth-order valence-electron chi connectivity index (χ4n) is 1.69. The first-order valence-electron chi connectivity index (χ1n) is 6.02. The second-order valence-electron chi connectivity index (χ2n) is 4.07. The molecule has 3 aromatic rings. The van der Waals surface area contributed by atoms with Crippen LogP contribution in [0.2, 0.25) is 0 Å². The molecule has 0 aliphatic rings. The van der Waals surface area contributed by atoms with Crippen molar-refractivity contribution in [1.82, 2.24) is 0 Å². The van der Waals surface area contributed by atoms with Gasteiger partial charge in [-0.15, -0.1) is 34.0 Å². The fraction of sp³-hybridized carbons (Fsp3) is 0.0625. The molecule has 0 aliphatic carbocycles. The summed E-state index contributed by atoms with van der Waals surface area (Å²) in [7, 11) is 0. The number of Topliss-reactive ketones (excluding diaryl/α,β-unsaturated/α-hetero) is 1. The number of hydrogen-bond acceptors (Lipinski definition) is 4. The van der Waals surface area contributed by atoms with Crippen LogP contribution in [0.25, 0.3) is 0 Å². The summed E-state index contributed by atoms with van der Waals surface area (Å²) in [5.74, 6) is 6.39. The zero-order valence-electron chi connectivity index (χ0n) is 10.5. The van der Waals surface area contributed by atoms with Gasteiger partial charge >= 0.3 is 0 Å². The molecule has 3 aromatic heterocycles. The molecule has 0 radical (unpaired) electrons. The second kappa shape index (κ2) is 6.19. The number of thiophene rings is 3. The van der Waals surface area contributed by atoms with Crippen molar-refractivity contribution in [3.8, 4) is 11.8 Å². The van der Waals surface area contributed by atoms with Crippen molar-refractivity contribution >= 4 is 39.8 Å². The second-order valence-corrected chi connectivity index (χ2v) is 7.13. The minimum Gasteiger partial charge on any atom is -0.293 e. The van der Waals surface area contributed by atoms with Gasteiger partial charge in [0.1, 0.15) is 0 Å². The summed E-state index contributed by atoms with van der Waals surface area (Å²) in [5.41, 5.74) is 0. The molecule has 98 valence electrons. The lowest BCUT2D eigenvalue weighted by molar-refractivity contribution is 0.0997. The predicted octanol–water partition coefficient (Wildman–Crippen LogP) is 4.70. The summed E-state index contributed by atoms with van der Waals surface area (Å²) in [5, 5.41) is 4.00. The van der Waals surface area contributed by atoms with Gasteiger partial charge in [0.2, 0.25) is 0 Å². The van der Waals surface area contributed by atoms with E-state index in [4.69, 9.17) is 0 Å². The lowest BCUT2D eigenvalue weighted by Gasteiger charge is -1.93. The number of carbonyl (C=O) groups is 1. The van der Waals surface area contributed by atoms with Gasteiger partial charge in [-0.05, 0) is 46.9 Å². The molecule has 0 aromatic carbocycles. The van der Waals surface area contributed by atoms with Gasteiger partial charge in [-0.25, -0.2) is 0 Å². The Balaban J connectivity index is 1.72. The van der Waals surface area contributed by atoms with Gasteiger partial charge in [0.05, 0.1) is 14.6 Å². The first kappa shape index (κ1) is 13.3. The fourth-order valence-corrected chi connectivity index (χ4v) is 3.76. The van der Waals surface area contributed by atoms with Crippen LogP contribution in [0.4, 0.5) is 0 Å². The Bertz CT molecular complexity index is 752. The maximum atomic E-state index is 12.1. The maximum absolute atomic E-state index is 12.1. The van der Waals surface area contributed by atoms with Crippen LogP contribution in [0.3, 0.4) is 0 Å². The highest BCUT2D eigenvalue weighted by atomic mass is 32.1. The highest BCUT2D eigenvalue weighted by Crippen LogP contribution is 2.19. The number of ketones is 1. The normalized spacial score (nSPS) is 10.0. The molecule has 0 saturated carbocycles. The highest BCUT2D eigenvalue weighted by Gasteiger charge is 2.10. The van der Waals surface area contributed by atoms with E-state index in [1.807, 2.05) is 47.2 Å². The molecule has 3 rings (SSSR count). The summed E-state index contributed by atoms with van der Waals surface area (Å²) < 4.78 is 0. The van der Waals surface area contributed by atoms with Crippen LogP contribution in [0.5, 0.6) is 0 Å². The Morgan fingerprint density at radius 3 is 2.50 bits per heavy atom. The SMILES string of the molecule is O=C(Cc1cccs1)c1ccc(C#Cc2cccs2)s1. The minimum absolute atomic E-state index is 0.168. The number of hydrogen-bond donors (Lipinski definition) is 0. The van der Waals surface area contributed by atoms with E-state index in [0.29, 0.717) is 6.42 Å². The molecule has 0 unspecified atom stereocenters. The van der Waals surface area contributed by atoms with Gasteiger partial charge in [-0.3, -0.25) is 4.79 Å². The van der Waals surface area contributed by atoms with Crippen LogP contribution >= 0.6 is 34.0 Å². The van der Waals surface area contributed by atoms with E-state index in [-0.39, 0.29) is 5.78 Å². The van der Waals surface area contributed by atoms with E-state index in [0.717, 1.165) is 19.5 Å². The zero-order valence-corrected chi connectivity index (χ0v) is 12.9.